The van der Waals surface area contributed by atoms with Crippen molar-refractivity contribution >= 4 is 23.3 Å². The minimum Gasteiger partial charge on any atom is -0.354 e. The van der Waals surface area contributed by atoms with Crippen LogP contribution in [0.5, 0.6) is 0 Å². The molecule has 0 aliphatic carbocycles. The smallest absolute Gasteiger partial charge is 0.254 e. The molecule has 0 bridgehead atoms. The Kier molecular flexibility index (Phi) is 5.91. The molecule has 2 amide bonds. The number of hydrogen-bond donors (Lipinski definition) is 1. The number of carbonyl (C=O) groups is 2. The maximum atomic E-state index is 13.4. The molecule has 0 radical (unpaired) electrons. The molecule has 1 aromatic heterocycles. The second-order valence-corrected chi connectivity index (χ2v) is 8.69. The van der Waals surface area contributed by atoms with E-state index < -0.39 is 11.6 Å². The Morgan fingerprint density at radius 2 is 1.71 bits per heavy atom. The Morgan fingerprint density at radius 1 is 0.971 bits per heavy atom. The van der Waals surface area contributed by atoms with Crippen molar-refractivity contribution in [3.05, 3.63) is 83.6 Å². The molecular weight excluding hydrogens is 440 g/mol. The van der Waals surface area contributed by atoms with Gasteiger partial charge < -0.3 is 15.1 Å². The first-order valence-corrected chi connectivity index (χ1v) is 11.1. The highest BCUT2D eigenvalue weighted by Crippen LogP contribution is 2.30. The van der Waals surface area contributed by atoms with E-state index in [1.807, 2.05) is 36.4 Å². The first kappa shape index (κ1) is 21.9. The predicted molar refractivity (Wildman–Crippen MR) is 122 cm³/mol. The number of nitrogens with zero attached hydrogens (tertiary/aromatic N) is 4. The minimum atomic E-state index is -0.767. The first-order chi connectivity index (χ1) is 16.5. The van der Waals surface area contributed by atoms with Gasteiger partial charge in [0.1, 0.15) is 11.6 Å². The highest BCUT2D eigenvalue weighted by molar-refractivity contribution is 5.95. The lowest BCUT2D eigenvalue weighted by molar-refractivity contribution is -0.119. The summed E-state index contributed by atoms with van der Waals surface area (Å²) in [6, 6.07) is 14.1. The van der Waals surface area contributed by atoms with Crippen LogP contribution < -0.4 is 10.2 Å². The fourth-order valence-electron chi connectivity index (χ4n) is 4.44. The summed E-state index contributed by atoms with van der Waals surface area (Å²) in [6.45, 7) is 2.31. The lowest BCUT2D eigenvalue weighted by Crippen LogP contribution is -2.48. The van der Waals surface area contributed by atoms with Gasteiger partial charge in [-0.15, -0.1) is 5.10 Å². The molecule has 0 spiro atoms. The van der Waals surface area contributed by atoms with E-state index in [4.69, 9.17) is 0 Å². The molecule has 2 aliphatic rings. The molecule has 5 rings (SSSR count). The van der Waals surface area contributed by atoms with Crippen LogP contribution >= 0.6 is 0 Å². The highest BCUT2D eigenvalue weighted by Gasteiger charge is 2.33. The number of nitrogens with one attached hydrogen (secondary N) is 1. The summed E-state index contributed by atoms with van der Waals surface area (Å²) in [5, 5.41) is 11.0. The maximum absolute atomic E-state index is 13.4. The molecule has 3 heterocycles. The topological polar surface area (TPSA) is 78.4 Å². The number of hydrogen-bond acceptors (Lipinski definition) is 5. The molecule has 1 atom stereocenters. The van der Waals surface area contributed by atoms with Crippen molar-refractivity contribution in [3.8, 4) is 0 Å². The maximum Gasteiger partial charge on any atom is 0.254 e. The highest BCUT2D eigenvalue weighted by atomic mass is 19.1. The van der Waals surface area contributed by atoms with Crippen molar-refractivity contribution < 1.29 is 18.4 Å². The quantitative estimate of drug-likeness (QED) is 0.627. The standard InChI is InChI=1S/C25H23F2N5O2/c26-20-10-18(11-21(27)12-20)25(34)32-14-19(15-32)16-3-5-22(6-4-16)29-24(33)17-7-9-31(13-17)23-2-1-8-28-30-23/h1-6,8,10-12,17,19H,7,9,13-15H2,(H,29,33). The number of aromatic nitrogens is 2. The van der Waals surface area contributed by atoms with Gasteiger partial charge in [0, 0.05) is 55.6 Å². The molecule has 34 heavy (non-hydrogen) atoms. The number of amides is 2. The molecule has 7 nitrogen and oxygen atoms in total. The number of rotatable bonds is 5. The van der Waals surface area contributed by atoms with Crippen LogP contribution in [0.1, 0.15) is 28.3 Å². The predicted octanol–water partition coefficient (Wildman–Crippen LogP) is 3.46. The van der Waals surface area contributed by atoms with E-state index in [0.717, 1.165) is 42.5 Å². The summed E-state index contributed by atoms with van der Waals surface area (Å²) in [7, 11) is 0. The number of anilines is 2. The van der Waals surface area contributed by atoms with Crippen LogP contribution in [0.4, 0.5) is 20.3 Å². The van der Waals surface area contributed by atoms with Crippen molar-refractivity contribution in [1.82, 2.24) is 15.1 Å². The lowest BCUT2D eigenvalue weighted by Gasteiger charge is -2.39. The van der Waals surface area contributed by atoms with Crippen molar-refractivity contribution in [2.75, 3.05) is 36.4 Å². The normalized spacial score (nSPS) is 18.0. The molecule has 1 unspecified atom stereocenters. The van der Waals surface area contributed by atoms with Crippen LogP contribution in [0.2, 0.25) is 0 Å². The van der Waals surface area contributed by atoms with Gasteiger partial charge in [0.2, 0.25) is 5.91 Å². The zero-order valence-electron chi connectivity index (χ0n) is 18.3. The van der Waals surface area contributed by atoms with Gasteiger partial charge in [-0.3, -0.25) is 9.59 Å². The molecule has 0 saturated carbocycles. The van der Waals surface area contributed by atoms with E-state index >= 15 is 0 Å². The summed E-state index contributed by atoms with van der Waals surface area (Å²) in [5.41, 5.74) is 1.77. The summed E-state index contributed by atoms with van der Waals surface area (Å²) in [5.74, 6) is -1.15. The molecule has 2 saturated heterocycles. The Morgan fingerprint density at radius 3 is 2.38 bits per heavy atom. The minimum absolute atomic E-state index is 0.0128. The number of carbonyl (C=O) groups excluding carboxylic acids is 2. The number of halogens is 2. The van der Waals surface area contributed by atoms with Crippen LogP contribution in [0.25, 0.3) is 0 Å². The molecule has 174 valence electrons. The van der Waals surface area contributed by atoms with Gasteiger partial charge in [0.05, 0.1) is 5.92 Å². The summed E-state index contributed by atoms with van der Waals surface area (Å²) in [4.78, 5) is 28.8. The number of likely N-dealkylation sites (tertiary alicyclic amines) is 1. The van der Waals surface area contributed by atoms with E-state index in [1.54, 1.807) is 11.1 Å². The van der Waals surface area contributed by atoms with Crippen molar-refractivity contribution in [2.45, 2.75) is 12.3 Å². The van der Waals surface area contributed by atoms with E-state index in [-0.39, 0.29) is 29.2 Å². The third-order valence-corrected chi connectivity index (χ3v) is 6.37. The van der Waals surface area contributed by atoms with Crippen LogP contribution in [0, 0.1) is 17.6 Å². The first-order valence-electron chi connectivity index (χ1n) is 11.1. The molecule has 9 heteroatoms. The average Bonchev–Trinajstić information content (AvgIpc) is 3.30. The Labute approximate surface area is 195 Å². The summed E-state index contributed by atoms with van der Waals surface area (Å²) < 4.78 is 26.8. The van der Waals surface area contributed by atoms with Crippen LogP contribution in [-0.4, -0.2) is 53.1 Å². The summed E-state index contributed by atoms with van der Waals surface area (Å²) in [6.07, 6.45) is 2.37. The van der Waals surface area contributed by atoms with Gasteiger partial charge in [0.15, 0.2) is 5.82 Å². The van der Waals surface area contributed by atoms with Gasteiger partial charge in [-0.2, -0.15) is 5.10 Å². The van der Waals surface area contributed by atoms with E-state index in [0.29, 0.717) is 25.3 Å². The second-order valence-electron chi connectivity index (χ2n) is 8.69. The fraction of sp³-hybridized carbons (Fsp3) is 0.280. The molecular formula is C25H23F2N5O2. The van der Waals surface area contributed by atoms with Gasteiger partial charge >= 0.3 is 0 Å². The van der Waals surface area contributed by atoms with Gasteiger partial charge in [-0.05, 0) is 48.4 Å². The van der Waals surface area contributed by atoms with Gasteiger partial charge in [0.25, 0.3) is 5.91 Å². The third-order valence-electron chi connectivity index (χ3n) is 6.37. The monoisotopic (exact) mass is 463 g/mol. The van der Waals surface area contributed by atoms with Crippen molar-refractivity contribution in [2.24, 2.45) is 5.92 Å². The Hall–Kier alpha value is -3.88. The largest absolute Gasteiger partial charge is 0.354 e. The van der Waals surface area contributed by atoms with Crippen LogP contribution in [-0.2, 0) is 4.79 Å². The van der Waals surface area contributed by atoms with Gasteiger partial charge in [-0.1, -0.05) is 12.1 Å². The van der Waals surface area contributed by atoms with E-state index in [1.165, 1.54) is 0 Å². The van der Waals surface area contributed by atoms with E-state index in [2.05, 4.69) is 20.4 Å². The van der Waals surface area contributed by atoms with Crippen LogP contribution in [0.15, 0.2) is 60.8 Å². The number of benzene rings is 2. The second kappa shape index (κ2) is 9.17. The molecule has 2 aliphatic heterocycles. The molecule has 2 aromatic carbocycles. The lowest BCUT2D eigenvalue weighted by atomic mass is 9.90. The molecule has 1 N–H and O–H groups in total. The fourth-order valence-corrected chi connectivity index (χ4v) is 4.44. The Balaban J connectivity index is 1.13. The third kappa shape index (κ3) is 4.59. The summed E-state index contributed by atoms with van der Waals surface area (Å²) >= 11 is 0. The van der Waals surface area contributed by atoms with Crippen molar-refractivity contribution in [3.63, 3.8) is 0 Å². The van der Waals surface area contributed by atoms with Gasteiger partial charge in [-0.25, -0.2) is 8.78 Å². The zero-order chi connectivity index (χ0) is 23.7. The average molecular weight is 463 g/mol. The Bertz CT molecular complexity index is 1180. The van der Waals surface area contributed by atoms with Crippen LogP contribution in [0.3, 0.4) is 0 Å². The van der Waals surface area contributed by atoms with E-state index in [9.17, 15) is 18.4 Å². The molecule has 3 aromatic rings. The molecule has 2 fully saturated rings. The SMILES string of the molecule is O=C(Nc1ccc(C2CN(C(=O)c3cc(F)cc(F)c3)C2)cc1)C1CCN(c2cccnn2)C1. The zero-order valence-corrected chi connectivity index (χ0v) is 18.3. The van der Waals surface area contributed by atoms with Crippen molar-refractivity contribution in [1.29, 1.82) is 0 Å².